The van der Waals surface area contributed by atoms with Crippen molar-refractivity contribution in [2.45, 2.75) is 6.42 Å². The van der Waals surface area contributed by atoms with Crippen molar-refractivity contribution in [3.05, 3.63) is 34.3 Å². The predicted octanol–water partition coefficient (Wildman–Crippen LogP) is 2.90. The van der Waals surface area contributed by atoms with Gasteiger partial charge in [0.15, 0.2) is 0 Å². The van der Waals surface area contributed by atoms with E-state index in [1.807, 2.05) is 0 Å². The summed E-state index contributed by atoms with van der Waals surface area (Å²) in [7, 11) is 0. The molecule has 1 aromatic carbocycles. The van der Waals surface area contributed by atoms with Crippen LogP contribution in [0.3, 0.4) is 0 Å². The molecule has 0 spiro atoms. The molecular formula is C14H16BrNO2. The molecule has 0 atom stereocenters. The van der Waals surface area contributed by atoms with Gasteiger partial charge in [-0.25, -0.2) is 0 Å². The lowest BCUT2D eigenvalue weighted by molar-refractivity contribution is 0.0639. The van der Waals surface area contributed by atoms with Gasteiger partial charge in [-0.2, -0.15) is 0 Å². The molecule has 0 unspecified atom stereocenters. The molecule has 1 saturated heterocycles. The van der Waals surface area contributed by atoms with E-state index in [1.54, 1.807) is 0 Å². The molecule has 0 bridgehead atoms. The van der Waals surface area contributed by atoms with Gasteiger partial charge in [0.2, 0.25) is 0 Å². The van der Waals surface area contributed by atoms with Crippen LogP contribution >= 0.6 is 15.9 Å². The van der Waals surface area contributed by atoms with E-state index in [0.29, 0.717) is 0 Å². The van der Waals surface area contributed by atoms with E-state index >= 15 is 0 Å². The third-order valence-electron chi connectivity index (χ3n) is 3.28. The Hall–Kier alpha value is -1.00. The Balaban J connectivity index is 1.96. The van der Waals surface area contributed by atoms with Crippen LogP contribution in [0, 0.1) is 0 Å². The maximum absolute atomic E-state index is 5.81. The number of hydrogen-bond donors (Lipinski definition) is 0. The Bertz CT molecular complexity index is 467. The summed E-state index contributed by atoms with van der Waals surface area (Å²) in [5, 5.41) is 0. The number of rotatable bonds is 1. The van der Waals surface area contributed by atoms with Gasteiger partial charge in [-0.3, -0.25) is 0 Å². The number of morpholine rings is 1. The highest BCUT2D eigenvalue weighted by molar-refractivity contribution is 9.10. The molecule has 0 N–H and O–H groups in total. The standard InChI is InChI=1S/C14H16BrNO2/c15-11-3-4-12-13(16-5-8-17-9-6-16)2-1-7-18-14(12)10-11/h2-4,10H,1,5-9H2. The van der Waals surface area contributed by atoms with Crippen molar-refractivity contribution in [3.8, 4) is 5.75 Å². The number of fused-ring (bicyclic) bond motifs is 1. The van der Waals surface area contributed by atoms with Crippen LogP contribution in [0.2, 0.25) is 0 Å². The maximum Gasteiger partial charge on any atom is 0.129 e. The lowest BCUT2D eigenvalue weighted by Gasteiger charge is -2.31. The summed E-state index contributed by atoms with van der Waals surface area (Å²) in [6, 6.07) is 6.25. The largest absolute Gasteiger partial charge is 0.493 e. The summed E-state index contributed by atoms with van der Waals surface area (Å²) in [6.45, 7) is 4.29. The van der Waals surface area contributed by atoms with Gasteiger partial charge in [-0.15, -0.1) is 0 Å². The highest BCUT2D eigenvalue weighted by Crippen LogP contribution is 2.33. The van der Waals surface area contributed by atoms with Crippen molar-refractivity contribution >= 4 is 21.6 Å². The van der Waals surface area contributed by atoms with Crippen LogP contribution in [-0.2, 0) is 4.74 Å². The summed E-state index contributed by atoms with van der Waals surface area (Å²) in [4.78, 5) is 2.39. The quantitative estimate of drug-likeness (QED) is 0.796. The molecule has 2 heterocycles. The Labute approximate surface area is 116 Å². The van der Waals surface area contributed by atoms with E-state index in [0.717, 1.165) is 49.6 Å². The van der Waals surface area contributed by atoms with Crippen molar-refractivity contribution in [2.75, 3.05) is 32.9 Å². The first-order chi connectivity index (χ1) is 8.84. The molecule has 3 nitrogen and oxygen atoms in total. The number of hydrogen-bond acceptors (Lipinski definition) is 3. The topological polar surface area (TPSA) is 21.7 Å². The molecule has 3 rings (SSSR count). The Morgan fingerprint density at radius 3 is 2.78 bits per heavy atom. The summed E-state index contributed by atoms with van der Waals surface area (Å²) in [6.07, 6.45) is 3.24. The minimum atomic E-state index is 0.747. The summed E-state index contributed by atoms with van der Waals surface area (Å²) in [5.74, 6) is 0.972. The van der Waals surface area contributed by atoms with Crippen molar-refractivity contribution < 1.29 is 9.47 Å². The third-order valence-corrected chi connectivity index (χ3v) is 3.78. The van der Waals surface area contributed by atoms with E-state index in [2.05, 4.69) is 45.1 Å². The molecule has 4 heteroatoms. The van der Waals surface area contributed by atoms with Gasteiger partial charge < -0.3 is 14.4 Å². The zero-order valence-corrected chi connectivity index (χ0v) is 11.8. The highest BCUT2D eigenvalue weighted by Gasteiger charge is 2.20. The first kappa shape index (κ1) is 12.1. The molecule has 18 heavy (non-hydrogen) atoms. The fourth-order valence-corrected chi connectivity index (χ4v) is 2.75. The first-order valence-corrected chi connectivity index (χ1v) is 7.09. The van der Waals surface area contributed by atoms with Crippen LogP contribution in [0.15, 0.2) is 28.7 Å². The number of nitrogens with zero attached hydrogens (tertiary/aromatic N) is 1. The van der Waals surface area contributed by atoms with E-state index in [-0.39, 0.29) is 0 Å². The van der Waals surface area contributed by atoms with Crippen LogP contribution in [0.5, 0.6) is 5.75 Å². The fraction of sp³-hybridized carbons (Fsp3) is 0.429. The zero-order chi connectivity index (χ0) is 12.4. The van der Waals surface area contributed by atoms with Gasteiger partial charge in [0, 0.05) is 35.2 Å². The van der Waals surface area contributed by atoms with Crippen LogP contribution in [0.1, 0.15) is 12.0 Å². The average Bonchev–Trinajstić information content (AvgIpc) is 2.61. The summed E-state index contributed by atoms with van der Waals surface area (Å²) >= 11 is 3.50. The van der Waals surface area contributed by atoms with Crippen LogP contribution < -0.4 is 4.74 Å². The molecular weight excluding hydrogens is 294 g/mol. The highest BCUT2D eigenvalue weighted by atomic mass is 79.9. The molecule has 2 aliphatic heterocycles. The van der Waals surface area contributed by atoms with Gasteiger partial charge >= 0.3 is 0 Å². The van der Waals surface area contributed by atoms with Crippen LogP contribution in [0.25, 0.3) is 5.70 Å². The molecule has 1 fully saturated rings. The van der Waals surface area contributed by atoms with Crippen LogP contribution in [0.4, 0.5) is 0 Å². The van der Waals surface area contributed by atoms with Gasteiger partial charge in [-0.1, -0.05) is 22.0 Å². The molecule has 2 aliphatic rings. The fourth-order valence-electron chi connectivity index (χ4n) is 2.41. The van der Waals surface area contributed by atoms with Gasteiger partial charge in [0.1, 0.15) is 5.75 Å². The van der Waals surface area contributed by atoms with Crippen LogP contribution in [-0.4, -0.2) is 37.8 Å². The van der Waals surface area contributed by atoms with E-state index in [4.69, 9.17) is 9.47 Å². The Morgan fingerprint density at radius 2 is 1.94 bits per heavy atom. The van der Waals surface area contributed by atoms with Gasteiger partial charge in [0.25, 0.3) is 0 Å². The molecule has 0 saturated carbocycles. The molecule has 0 aliphatic carbocycles. The van der Waals surface area contributed by atoms with E-state index < -0.39 is 0 Å². The van der Waals surface area contributed by atoms with Crippen molar-refractivity contribution in [1.82, 2.24) is 4.90 Å². The molecule has 0 aromatic heterocycles. The second-order valence-electron chi connectivity index (χ2n) is 4.47. The van der Waals surface area contributed by atoms with Crippen molar-refractivity contribution in [1.29, 1.82) is 0 Å². The zero-order valence-electron chi connectivity index (χ0n) is 10.2. The Morgan fingerprint density at radius 1 is 1.11 bits per heavy atom. The maximum atomic E-state index is 5.81. The summed E-state index contributed by atoms with van der Waals surface area (Å²) < 4.78 is 12.3. The number of ether oxygens (including phenoxy) is 2. The second kappa shape index (κ2) is 5.33. The Kier molecular flexibility index (Phi) is 3.57. The minimum absolute atomic E-state index is 0.747. The lowest BCUT2D eigenvalue weighted by atomic mass is 10.1. The van der Waals surface area contributed by atoms with Crippen molar-refractivity contribution in [2.24, 2.45) is 0 Å². The smallest absolute Gasteiger partial charge is 0.129 e. The molecule has 0 amide bonds. The third kappa shape index (κ3) is 2.40. The van der Waals surface area contributed by atoms with Gasteiger partial charge in [0.05, 0.1) is 19.8 Å². The second-order valence-corrected chi connectivity index (χ2v) is 5.38. The monoisotopic (exact) mass is 309 g/mol. The average molecular weight is 310 g/mol. The van der Waals surface area contributed by atoms with E-state index in [9.17, 15) is 0 Å². The lowest BCUT2D eigenvalue weighted by Crippen LogP contribution is -2.34. The molecule has 1 aromatic rings. The molecule has 0 radical (unpaired) electrons. The molecule has 96 valence electrons. The normalized spacial score (nSPS) is 19.6. The van der Waals surface area contributed by atoms with Gasteiger partial charge in [-0.05, 0) is 18.2 Å². The van der Waals surface area contributed by atoms with Crippen molar-refractivity contribution in [3.63, 3.8) is 0 Å². The number of halogens is 1. The first-order valence-electron chi connectivity index (χ1n) is 6.30. The SMILES string of the molecule is Brc1ccc2c(c1)OCCC=C2N1CCOCC1. The van der Waals surface area contributed by atoms with E-state index in [1.165, 1.54) is 11.3 Å². The minimum Gasteiger partial charge on any atom is -0.493 e. The number of benzene rings is 1. The predicted molar refractivity (Wildman–Crippen MR) is 74.6 cm³/mol. The summed E-state index contributed by atoms with van der Waals surface area (Å²) in [5.41, 5.74) is 2.48.